The first-order valence-electron chi connectivity index (χ1n) is 13.5. The van der Waals surface area contributed by atoms with Crippen LogP contribution >= 0.6 is 0 Å². The van der Waals surface area contributed by atoms with Crippen LogP contribution in [0.15, 0.2) is 42.5 Å². The Balaban J connectivity index is 1.30. The zero-order chi connectivity index (χ0) is 27.2. The van der Waals surface area contributed by atoms with Crippen molar-refractivity contribution in [2.24, 2.45) is 5.92 Å². The topological polar surface area (TPSA) is 106 Å². The largest absolute Gasteiger partial charge is 0.342 e. The van der Waals surface area contributed by atoms with Crippen molar-refractivity contribution in [1.82, 2.24) is 15.1 Å². The first-order chi connectivity index (χ1) is 18.2. The zero-order valence-electron chi connectivity index (χ0n) is 22.5. The highest BCUT2D eigenvalue weighted by Gasteiger charge is 2.27. The zero-order valence-corrected chi connectivity index (χ0v) is 22.5. The van der Waals surface area contributed by atoms with Crippen molar-refractivity contribution in [3.05, 3.63) is 64.7 Å². The predicted molar refractivity (Wildman–Crippen MR) is 147 cm³/mol. The van der Waals surface area contributed by atoms with E-state index in [2.05, 4.69) is 16.7 Å². The van der Waals surface area contributed by atoms with E-state index in [0.29, 0.717) is 48.9 Å². The van der Waals surface area contributed by atoms with Crippen LogP contribution in [0.1, 0.15) is 72.5 Å². The summed E-state index contributed by atoms with van der Waals surface area (Å²) in [5, 5.41) is 15.0. The lowest BCUT2D eigenvalue weighted by Crippen LogP contribution is -2.48. The molecule has 2 aliphatic rings. The first kappa shape index (κ1) is 27.2. The van der Waals surface area contributed by atoms with Crippen molar-refractivity contribution >= 4 is 23.5 Å². The molecule has 2 aliphatic heterocycles. The fourth-order valence-corrected chi connectivity index (χ4v) is 5.27. The summed E-state index contributed by atoms with van der Waals surface area (Å²) in [6.45, 7) is 8.33. The smallest absolute Gasteiger partial charge is 0.319 e. The number of carbonyl (C=O) groups is 3. The van der Waals surface area contributed by atoms with Crippen molar-refractivity contribution in [3.63, 3.8) is 0 Å². The Labute approximate surface area is 225 Å². The molecule has 8 nitrogen and oxygen atoms in total. The normalized spacial score (nSPS) is 16.7. The summed E-state index contributed by atoms with van der Waals surface area (Å²) in [5.41, 5.74) is 3.92. The SMILES string of the molecule is Cc1ccc(C(=O)N2CCC(c3ccc(C#N)cc3)CC2)cc1NC(=O)NC1CCN(C(=O)C(C)C)CC1. The Kier molecular flexibility index (Phi) is 8.67. The van der Waals surface area contributed by atoms with Crippen LogP contribution in [-0.4, -0.2) is 59.9 Å². The number of nitrogens with zero attached hydrogens (tertiary/aromatic N) is 3. The molecule has 0 spiro atoms. The van der Waals surface area contributed by atoms with E-state index in [-0.39, 0.29) is 29.8 Å². The quantitative estimate of drug-likeness (QED) is 0.604. The number of piperidine rings is 2. The fraction of sp³-hybridized carbons (Fsp3) is 0.467. The number of likely N-dealkylation sites (tertiary alicyclic amines) is 2. The molecular formula is C30H37N5O3. The van der Waals surface area contributed by atoms with E-state index in [1.165, 1.54) is 5.56 Å². The van der Waals surface area contributed by atoms with Crippen LogP contribution in [-0.2, 0) is 4.79 Å². The van der Waals surface area contributed by atoms with E-state index in [1.807, 2.05) is 67.0 Å². The summed E-state index contributed by atoms with van der Waals surface area (Å²) in [6.07, 6.45) is 3.20. The van der Waals surface area contributed by atoms with Gasteiger partial charge in [0.25, 0.3) is 5.91 Å². The van der Waals surface area contributed by atoms with Crippen LogP contribution in [0.25, 0.3) is 0 Å². The average molecular weight is 516 g/mol. The Bertz CT molecular complexity index is 1200. The van der Waals surface area contributed by atoms with Crippen molar-refractivity contribution in [2.45, 2.75) is 58.4 Å². The van der Waals surface area contributed by atoms with Gasteiger partial charge in [0.1, 0.15) is 0 Å². The molecule has 2 aromatic rings. The molecule has 38 heavy (non-hydrogen) atoms. The van der Waals surface area contributed by atoms with E-state index in [4.69, 9.17) is 5.26 Å². The Hall–Kier alpha value is -3.86. The standard InChI is InChI=1S/C30H37N5O3/c1-20(2)28(36)34-16-12-26(13-17-34)32-30(38)33-27-18-25(7-4-21(27)3)29(37)35-14-10-24(11-15-35)23-8-5-22(19-31)6-9-23/h4-9,18,20,24,26H,10-17H2,1-3H3,(H2,32,33,38). The minimum Gasteiger partial charge on any atom is -0.342 e. The van der Waals surface area contributed by atoms with Crippen LogP contribution in [0.5, 0.6) is 0 Å². The van der Waals surface area contributed by atoms with Gasteiger partial charge in [-0.05, 0) is 73.9 Å². The number of urea groups is 1. The molecule has 4 rings (SSSR count). The molecule has 0 radical (unpaired) electrons. The lowest BCUT2D eigenvalue weighted by molar-refractivity contribution is -0.135. The number of amides is 4. The van der Waals surface area contributed by atoms with Gasteiger partial charge in [0.05, 0.1) is 11.6 Å². The summed E-state index contributed by atoms with van der Waals surface area (Å²) < 4.78 is 0. The molecule has 4 amide bonds. The summed E-state index contributed by atoms with van der Waals surface area (Å²) in [4.78, 5) is 41.9. The summed E-state index contributed by atoms with van der Waals surface area (Å²) in [7, 11) is 0. The lowest BCUT2D eigenvalue weighted by atomic mass is 9.89. The molecule has 2 saturated heterocycles. The highest BCUT2D eigenvalue weighted by Crippen LogP contribution is 2.29. The number of carbonyl (C=O) groups excluding carboxylic acids is 3. The Morgan fingerprint density at radius 2 is 1.55 bits per heavy atom. The molecule has 0 bridgehead atoms. The minimum atomic E-state index is -0.297. The predicted octanol–water partition coefficient (Wildman–Crippen LogP) is 4.66. The summed E-state index contributed by atoms with van der Waals surface area (Å²) in [6, 6.07) is 15.0. The monoisotopic (exact) mass is 515 g/mol. The number of benzene rings is 2. The third kappa shape index (κ3) is 6.52. The van der Waals surface area contributed by atoms with Gasteiger partial charge in [0.15, 0.2) is 0 Å². The van der Waals surface area contributed by atoms with Gasteiger partial charge in [-0.1, -0.05) is 32.0 Å². The van der Waals surface area contributed by atoms with Crippen molar-refractivity contribution < 1.29 is 14.4 Å². The number of rotatable bonds is 5. The number of nitrogens with one attached hydrogen (secondary N) is 2. The second-order valence-electron chi connectivity index (χ2n) is 10.7. The molecule has 200 valence electrons. The van der Waals surface area contributed by atoms with Crippen molar-refractivity contribution in [3.8, 4) is 6.07 Å². The van der Waals surface area contributed by atoms with Crippen LogP contribution in [0.4, 0.5) is 10.5 Å². The van der Waals surface area contributed by atoms with E-state index in [0.717, 1.165) is 31.2 Å². The van der Waals surface area contributed by atoms with Crippen LogP contribution < -0.4 is 10.6 Å². The fourth-order valence-electron chi connectivity index (χ4n) is 5.27. The molecule has 2 heterocycles. The average Bonchev–Trinajstić information content (AvgIpc) is 2.94. The third-order valence-electron chi connectivity index (χ3n) is 7.66. The van der Waals surface area contributed by atoms with Crippen LogP contribution in [0, 0.1) is 24.2 Å². The maximum absolute atomic E-state index is 13.3. The Morgan fingerprint density at radius 3 is 2.16 bits per heavy atom. The van der Waals surface area contributed by atoms with Gasteiger partial charge in [-0.2, -0.15) is 5.26 Å². The molecule has 2 fully saturated rings. The molecular weight excluding hydrogens is 478 g/mol. The molecule has 2 N–H and O–H groups in total. The second-order valence-corrected chi connectivity index (χ2v) is 10.7. The van der Waals surface area contributed by atoms with Crippen LogP contribution in [0.3, 0.4) is 0 Å². The number of aryl methyl sites for hydroxylation is 1. The summed E-state index contributed by atoms with van der Waals surface area (Å²) in [5.74, 6) is 0.480. The molecule has 0 atom stereocenters. The van der Waals surface area contributed by atoms with Gasteiger partial charge >= 0.3 is 6.03 Å². The Morgan fingerprint density at radius 1 is 0.921 bits per heavy atom. The second kappa shape index (κ2) is 12.1. The highest BCUT2D eigenvalue weighted by atomic mass is 16.2. The van der Waals surface area contributed by atoms with E-state index < -0.39 is 0 Å². The molecule has 8 heteroatoms. The number of anilines is 1. The van der Waals surface area contributed by atoms with Crippen LogP contribution in [0.2, 0.25) is 0 Å². The number of hydrogen-bond acceptors (Lipinski definition) is 4. The van der Waals surface area contributed by atoms with Crippen molar-refractivity contribution in [2.75, 3.05) is 31.5 Å². The molecule has 0 unspecified atom stereocenters. The first-order valence-corrected chi connectivity index (χ1v) is 13.5. The molecule has 0 saturated carbocycles. The molecule has 0 aliphatic carbocycles. The van der Waals surface area contributed by atoms with Crippen molar-refractivity contribution in [1.29, 1.82) is 5.26 Å². The van der Waals surface area contributed by atoms with E-state index in [9.17, 15) is 14.4 Å². The van der Waals surface area contributed by atoms with Gasteiger partial charge in [-0.15, -0.1) is 0 Å². The van der Waals surface area contributed by atoms with Gasteiger partial charge in [-0.3, -0.25) is 9.59 Å². The highest BCUT2D eigenvalue weighted by molar-refractivity contribution is 5.97. The van der Waals surface area contributed by atoms with Gasteiger partial charge < -0.3 is 20.4 Å². The van der Waals surface area contributed by atoms with Gasteiger partial charge in [0, 0.05) is 49.4 Å². The number of nitriles is 1. The van der Waals surface area contributed by atoms with E-state index >= 15 is 0 Å². The molecule has 0 aromatic heterocycles. The van der Waals surface area contributed by atoms with E-state index in [1.54, 1.807) is 6.07 Å². The maximum Gasteiger partial charge on any atom is 0.319 e. The lowest BCUT2D eigenvalue weighted by Gasteiger charge is -2.33. The van der Waals surface area contributed by atoms with Gasteiger partial charge in [0.2, 0.25) is 5.91 Å². The van der Waals surface area contributed by atoms with Gasteiger partial charge in [-0.25, -0.2) is 4.79 Å². The molecule has 2 aromatic carbocycles. The maximum atomic E-state index is 13.3. The number of hydrogen-bond donors (Lipinski definition) is 2. The third-order valence-corrected chi connectivity index (χ3v) is 7.66. The minimum absolute atomic E-state index is 0.00809. The summed E-state index contributed by atoms with van der Waals surface area (Å²) >= 11 is 0.